The highest BCUT2D eigenvalue weighted by atomic mass is 79.9. The molecule has 0 spiro atoms. The minimum Gasteiger partial charge on any atom is -0.268 e. The zero-order valence-corrected chi connectivity index (χ0v) is 7.67. The minimum atomic E-state index is -3.35. The molecule has 0 rings (SSSR count). The van der Waals surface area contributed by atoms with Crippen LogP contribution in [0.2, 0.25) is 0 Å². The Morgan fingerprint density at radius 1 is 1.56 bits per heavy atom. The van der Waals surface area contributed by atoms with E-state index in [9.17, 15) is 8.42 Å². The molecule has 0 fully saturated rings. The molecule has 0 aliphatic heterocycles. The first-order chi connectivity index (χ1) is 4.12. The Morgan fingerprint density at radius 2 is 2.11 bits per heavy atom. The molecular formula is C3H6BrClO3S. The van der Waals surface area contributed by atoms with Gasteiger partial charge in [-0.3, -0.25) is 4.18 Å². The third-order valence-corrected chi connectivity index (χ3v) is 3.10. The molecule has 0 aromatic carbocycles. The van der Waals surface area contributed by atoms with Gasteiger partial charge in [0.1, 0.15) is 4.66 Å². The highest BCUT2D eigenvalue weighted by molar-refractivity contribution is 9.10. The second kappa shape index (κ2) is 4.49. The van der Waals surface area contributed by atoms with E-state index in [-0.39, 0.29) is 17.1 Å². The van der Waals surface area contributed by atoms with E-state index in [1.807, 2.05) is 0 Å². The van der Waals surface area contributed by atoms with Crippen LogP contribution in [0.15, 0.2) is 0 Å². The maximum Gasteiger partial charge on any atom is 0.277 e. The van der Waals surface area contributed by atoms with Gasteiger partial charge in [0, 0.05) is 5.88 Å². The number of halogens is 2. The average Bonchev–Trinajstić information content (AvgIpc) is 1.84. The van der Waals surface area contributed by atoms with Crippen LogP contribution in [0.4, 0.5) is 0 Å². The van der Waals surface area contributed by atoms with E-state index in [2.05, 4.69) is 20.1 Å². The van der Waals surface area contributed by atoms with Crippen molar-refractivity contribution in [1.29, 1.82) is 0 Å². The van der Waals surface area contributed by atoms with Crippen LogP contribution in [0.5, 0.6) is 0 Å². The van der Waals surface area contributed by atoms with Gasteiger partial charge in [-0.05, 0) is 0 Å². The monoisotopic (exact) mass is 236 g/mol. The van der Waals surface area contributed by atoms with Gasteiger partial charge in [0.25, 0.3) is 10.1 Å². The second-order valence-electron chi connectivity index (χ2n) is 1.18. The van der Waals surface area contributed by atoms with Gasteiger partial charge in [0.05, 0.1) is 6.61 Å². The summed E-state index contributed by atoms with van der Waals surface area (Å²) in [5.74, 6) is 0.187. The Balaban J connectivity index is 3.61. The lowest BCUT2D eigenvalue weighted by Gasteiger charge is -1.96. The molecule has 0 aliphatic rings. The van der Waals surface area contributed by atoms with E-state index in [1.165, 1.54) is 0 Å². The smallest absolute Gasteiger partial charge is 0.268 e. The molecular weight excluding hydrogens is 231 g/mol. The van der Waals surface area contributed by atoms with Gasteiger partial charge in [-0.1, -0.05) is 15.9 Å². The fourth-order valence-corrected chi connectivity index (χ4v) is 1.16. The third kappa shape index (κ3) is 5.14. The lowest BCUT2D eigenvalue weighted by atomic mass is 10.9. The third-order valence-electron chi connectivity index (χ3n) is 0.474. The molecule has 9 heavy (non-hydrogen) atoms. The quantitative estimate of drug-likeness (QED) is 0.539. The lowest BCUT2D eigenvalue weighted by Crippen LogP contribution is -2.07. The molecule has 0 heterocycles. The summed E-state index contributed by atoms with van der Waals surface area (Å²) in [6.45, 7) is 0.0372. The zero-order chi connectivity index (χ0) is 7.33. The van der Waals surface area contributed by atoms with Crippen molar-refractivity contribution in [2.45, 2.75) is 0 Å². The van der Waals surface area contributed by atoms with Crippen LogP contribution in [0.25, 0.3) is 0 Å². The first-order valence-electron chi connectivity index (χ1n) is 2.11. The van der Waals surface area contributed by atoms with Crippen LogP contribution in [0.3, 0.4) is 0 Å². The first-order valence-corrected chi connectivity index (χ1v) is 5.35. The maximum absolute atomic E-state index is 10.4. The normalized spacial score (nSPS) is 11.8. The van der Waals surface area contributed by atoms with Gasteiger partial charge in [-0.15, -0.1) is 11.6 Å². The molecule has 6 heteroatoms. The second-order valence-corrected chi connectivity index (χ2v) is 4.50. The van der Waals surface area contributed by atoms with Crippen molar-refractivity contribution in [3.8, 4) is 0 Å². The van der Waals surface area contributed by atoms with E-state index in [1.54, 1.807) is 0 Å². The Bertz CT molecular complexity index is 154. The van der Waals surface area contributed by atoms with Gasteiger partial charge in [0.2, 0.25) is 0 Å². The fraction of sp³-hybridized carbons (Fsp3) is 1.00. The van der Waals surface area contributed by atoms with E-state index in [0.29, 0.717) is 0 Å². The predicted molar refractivity (Wildman–Crippen MR) is 39.4 cm³/mol. The van der Waals surface area contributed by atoms with Crippen LogP contribution in [-0.2, 0) is 14.3 Å². The molecule has 0 aliphatic carbocycles. The summed E-state index contributed by atoms with van der Waals surface area (Å²) >= 11 is 7.90. The van der Waals surface area contributed by atoms with Crippen molar-refractivity contribution in [3.63, 3.8) is 0 Å². The molecule has 3 nitrogen and oxygen atoms in total. The number of hydrogen-bond acceptors (Lipinski definition) is 3. The molecule has 0 saturated carbocycles. The summed E-state index contributed by atoms with van der Waals surface area (Å²) < 4.78 is 25.0. The van der Waals surface area contributed by atoms with Crippen molar-refractivity contribution in [1.82, 2.24) is 0 Å². The maximum atomic E-state index is 10.4. The molecule has 0 N–H and O–H groups in total. The van der Waals surface area contributed by atoms with E-state index >= 15 is 0 Å². The Hall–Kier alpha value is 0.680. The van der Waals surface area contributed by atoms with Crippen molar-refractivity contribution in [2.75, 3.05) is 17.1 Å². The highest BCUT2D eigenvalue weighted by Gasteiger charge is 2.05. The molecule has 0 amide bonds. The number of rotatable bonds is 4. The Kier molecular flexibility index (Phi) is 4.83. The summed E-state index contributed by atoms with van der Waals surface area (Å²) in [7, 11) is -3.35. The van der Waals surface area contributed by atoms with E-state index in [4.69, 9.17) is 11.6 Å². The van der Waals surface area contributed by atoms with Crippen molar-refractivity contribution < 1.29 is 12.6 Å². The molecule has 0 bridgehead atoms. The highest BCUT2D eigenvalue weighted by Crippen LogP contribution is 1.97. The Morgan fingerprint density at radius 3 is 2.44 bits per heavy atom. The van der Waals surface area contributed by atoms with Crippen molar-refractivity contribution >= 4 is 37.6 Å². The van der Waals surface area contributed by atoms with Crippen molar-refractivity contribution in [3.05, 3.63) is 0 Å². The standard InChI is InChI=1S/C3H6BrClO3S/c4-3-9(6,7)8-2-1-5/h1-3H2. The Labute approximate surface area is 67.6 Å². The first kappa shape index (κ1) is 9.68. The van der Waals surface area contributed by atoms with Gasteiger partial charge >= 0.3 is 0 Å². The fourth-order valence-electron chi connectivity index (χ4n) is 0.190. The van der Waals surface area contributed by atoms with Gasteiger partial charge in [-0.2, -0.15) is 8.42 Å². The summed E-state index contributed by atoms with van der Waals surface area (Å²) in [5, 5.41) is 0. The topological polar surface area (TPSA) is 43.4 Å². The summed E-state index contributed by atoms with van der Waals surface area (Å²) in [5.41, 5.74) is 0. The minimum absolute atomic E-state index is 0.0372. The van der Waals surface area contributed by atoms with Crippen LogP contribution in [0, 0.1) is 0 Å². The lowest BCUT2D eigenvalue weighted by molar-refractivity contribution is 0.344. The predicted octanol–water partition coefficient (Wildman–Crippen LogP) is 0.924. The SMILES string of the molecule is O=S(=O)(CBr)OCCCl. The van der Waals surface area contributed by atoms with E-state index in [0.717, 1.165) is 0 Å². The number of hydrogen-bond donors (Lipinski definition) is 0. The van der Waals surface area contributed by atoms with Crippen LogP contribution in [0.1, 0.15) is 0 Å². The van der Waals surface area contributed by atoms with Crippen LogP contribution in [-0.4, -0.2) is 25.6 Å². The molecule has 0 aromatic heterocycles. The summed E-state index contributed by atoms with van der Waals surface area (Å²) in [4.78, 5) is 0. The van der Waals surface area contributed by atoms with Crippen molar-refractivity contribution in [2.24, 2.45) is 0 Å². The van der Waals surface area contributed by atoms with Crippen LogP contribution < -0.4 is 0 Å². The summed E-state index contributed by atoms with van der Waals surface area (Å²) in [6, 6.07) is 0. The molecule has 56 valence electrons. The van der Waals surface area contributed by atoms with Gasteiger partial charge in [-0.25, -0.2) is 0 Å². The number of alkyl halides is 2. The largest absolute Gasteiger partial charge is 0.277 e. The molecule has 0 saturated heterocycles. The van der Waals surface area contributed by atoms with Gasteiger partial charge < -0.3 is 0 Å². The van der Waals surface area contributed by atoms with Crippen LogP contribution >= 0.6 is 27.5 Å². The average molecular weight is 238 g/mol. The molecule has 0 radical (unpaired) electrons. The van der Waals surface area contributed by atoms with Gasteiger partial charge in [0.15, 0.2) is 0 Å². The molecule has 0 unspecified atom stereocenters. The van der Waals surface area contributed by atoms with E-state index < -0.39 is 10.1 Å². The molecule has 0 aromatic rings. The molecule has 0 atom stereocenters. The summed E-state index contributed by atoms with van der Waals surface area (Å²) in [6.07, 6.45) is 0. The zero-order valence-electron chi connectivity index (χ0n) is 4.51.